The summed E-state index contributed by atoms with van der Waals surface area (Å²) in [7, 11) is 1.49. The number of likely N-dealkylation sites (N-methyl/N-ethyl adjacent to an activating group) is 1. The van der Waals surface area contributed by atoms with Gasteiger partial charge in [0.05, 0.1) is 13.1 Å². The number of nitrogens with zero attached hydrogens (tertiary/aromatic N) is 2. The van der Waals surface area contributed by atoms with Crippen molar-refractivity contribution in [1.29, 1.82) is 0 Å². The van der Waals surface area contributed by atoms with Crippen molar-refractivity contribution in [2.45, 2.75) is 56.8 Å². The molecule has 11 nitrogen and oxygen atoms in total. The molecule has 190 valence electrons. The highest BCUT2D eigenvalue weighted by molar-refractivity contribution is 5.95. The zero-order chi connectivity index (χ0) is 25.4. The first kappa shape index (κ1) is 26.1. The summed E-state index contributed by atoms with van der Waals surface area (Å²) in [5.41, 5.74) is 6.80. The fourth-order valence-corrected chi connectivity index (χ4v) is 4.26. The van der Waals surface area contributed by atoms with Crippen LogP contribution >= 0.6 is 0 Å². The Kier molecular flexibility index (Phi) is 9.18. The van der Waals surface area contributed by atoms with Gasteiger partial charge in [-0.05, 0) is 37.7 Å². The van der Waals surface area contributed by atoms with Gasteiger partial charge in [0.1, 0.15) is 24.7 Å². The van der Waals surface area contributed by atoms with E-state index < -0.39 is 35.9 Å². The summed E-state index contributed by atoms with van der Waals surface area (Å²) >= 11 is 0. The molecule has 2 fully saturated rings. The number of hydrogen-bond donors (Lipinski definition) is 3. The van der Waals surface area contributed by atoms with Gasteiger partial charge >= 0.3 is 5.97 Å². The number of nitrogens with one attached hydrogen (secondary N) is 2. The molecule has 1 aromatic carbocycles. The molecule has 0 bridgehead atoms. The summed E-state index contributed by atoms with van der Waals surface area (Å²) in [6.07, 6.45) is 2.03. The van der Waals surface area contributed by atoms with Gasteiger partial charge in [0.2, 0.25) is 23.6 Å². The van der Waals surface area contributed by atoms with Crippen LogP contribution in [-0.4, -0.2) is 84.2 Å². The van der Waals surface area contributed by atoms with Gasteiger partial charge in [0.25, 0.3) is 0 Å². The van der Waals surface area contributed by atoms with Crippen molar-refractivity contribution in [3.05, 3.63) is 35.9 Å². The maximum absolute atomic E-state index is 13.0. The zero-order valence-electron chi connectivity index (χ0n) is 19.9. The number of nitrogens with two attached hydrogens (primary N) is 1. The Morgan fingerprint density at radius 1 is 1.20 bits per heavy atom. The van der Waals surface area contributed by atoms with Crippen molar-refractivity contribution in [3.63, 3.8) is 0 Å². The van der Waals surface area contributed by atoms with Crippen LogP contribution in [0.15, 0.2) is 30.3 Å². The second-order valence-electron chi connectivity index (χ2n) is 8.91. The summed E-state index contributed by atoms with van der Waals surface area (Å²) in [4.78, 5) is 65.5. The summed E-state index contributed by atoms with van der Waals surface area (Å²) in [6, 6.07) is 6.81. The molecule has 0 saturated carbocycles. The standard InChI is InChI=1S/C24H33N5O6/c1-28-14-21(31)29-12-6-11-19(29)22(32)26-13-20(30)27-18(23(28)33)10-5-9-17(25)24(34)35-15-16-7-3-2-4-8-16/h2-4,7-8,17-19H,5-6,9-15,25H2,1H3,(H,26,32)(H,27,30)/t17?,18-,19-/m0/s1. The molecule has 1 aromatic rings. The van der Waals surface area contributed by atoms with Gasteiger partial charge in [-0.25, -0.2) is 0 Å². The highest BCUT2D eigenvalue weighted by Crippen LogP contribution is 2.18. The quantitative estimate of drug-likeness (QED) is 0.430. The van der Waals surface area contributed by atoms with Crippen LogP contribution in [0.5, 0.6) is 0 Å². The average molecular weight is 488 g/mol. The lowest BCUT2D eigenvalue weighted by atomic mass is 10.0. The Bertz CT molecular complexity index is 940. The van der Waals surface area contributed by atoms with Crippen LogP contribution in [0.4, 0.5) is 0 Å². The monoisotopic (exact) mass is 487 g/mol. The molecule has 2 heterocycles. The van der Waals surface area contributed by atoms with E-state index in [9.17, 15) is 24.0 Å². The van der Waals surface area contributed by atoms with Gasteiger partial charge in [-0.2, -0.15) is 0 Å². The first-order valence-electron chi connectivity index (χ1n) is 11.8. The SMILES string of the molecule is CN1CC(=O)N2CCC[C@H]2C(=O)NCC(=O)N[C@@H](CCCC(N)C(=O)OCc2ccccc2)C1=O. The van der Waals surface area contributed by atoms with Gasteiger partial charge in [-0.3, -0.25) is 24.0 Å². The Morgan fingerprint density at radius 2 is 1.94 bits per heavy atom. The number of ether oxygens (including phenoxy) is 1. The lowest BCUT2D eigenvalue weighted by Crippen LogP contribution is -2.56. The highest BCUT2D eigenvalue weighted by atomic mass is 16.5. The molecular formula is C24H33N5O6. The van der Waals surface area contributed by atoms with E-state index in [1.165, 1.54) is 16.8 Å². The molecule has 0 radical (unpaired) electrons. The summed E-state index contributed by atoms with van der Waals surface area (Å²) in [5.74, 6) is -2.17. The number of rotatable bonds is 7. The zero-order valence-corrected chi connectivity index (χ0v) is 19.9. The molecule has 4 amide bonds. The van der Waals surface area contributed by atoms with Crippen molar-refractivity contribution >= 4 is 29.6 Å². The molecule has 2 aliphatic heterocycles. The maximum Gasteiger partial charge on any atom is 0.323 e. The van der Waals surface area contributed by atoms with Gasteiger partial charge in [0.15, 0.2) is 0 Å². The predicted octanol–water partition coefficient (Wildman–Crippen LogP) is -0.709. The van der Waals surface area contributed by atoms with Gasteiger partial charge in [-0.15, -0.1) is 0 Å². The molecule has 3 atom stereocenters. The molecule has 11 heteroatoms. The fourth-order valence-electron chi connectivity index (χ4n) is 4.26. The Hall–Kier alpha value is -3.47. The van der Waals surface area contributed by atoms with Crippen LogP contribution in [0.2, 0.25) is 0 Å². The van der Waals surface area contributed by atoms with E-state index in [0.29, 0.717) is 25.8 Å². The lowest BCUT2D eigenvalue weighted by Gasteiger charge is -2.30. The van der Waals surface area contributed by atoms with E-state index in [4.69, 9.17) is 10.5 Å². The third-order valence-electron chi connectivity index (χ3n) is 6.22. The third kappa shape index (κ3) is 7.25. The van der Waals surface area contributed by atoms with Crippen LogP contribution < -0.4 is 16.4 Å². The van der Waals surface area contributed by atoms with Crippen molar-refractivity contribution in [2.24, 2.45) is 5.73 Å². The van der Waals surface area contributed by atoms with Crippen molar-refractivity contribution in [1.82, 2.24) is 20.4 Å². The minimum Gasteiger partial charge on any atom is -0.460 e. The summed E-state index contributed by atoms with van der Waals surface area (Å²) in [5, 5.41) is 5.19. The molecule has 1 unspecified atom stereocenters. The van der Waals surface area contributed by atoms with Gasteiger partial charge in [-0.1, -0.05) is 30.3 Å². The second-order valence-corrected chi connectivity index (χ2v) is 8.91. The minimum atomic E-state index is -0.918. The Morgan fingerprint density at radius 3 is 2.69 bits per heavy atom. The fraction of sp³-hybridized carbons (Fsp3) is 0.542. The first-order valence-corrected chi connectivity index (χ1v) is 11.8. The molecule has 35 heavy (non-hydrogen) atoms. The number of amides is 4. The normalized spacial score (nSPS) is 22.5. The first-order chi connectivity index (χ1) is 16.8. The van der Waals surface area contributed by atoms with E-state index in [1.807, 2.05) is 30.3 Å². The van der Waals surface area contributed by atoms with Gasteiger partial charge in [0, 0.05) is 13.6 Å². The molecule has 0 aromatic heterocycles. The molecule has 4 N–H and O–H groups in total. The van der Waals surface area contributed by atoms with Crippen LogP contribution in [0, 0.1) is 0 Å². The number of benzene rings is 1. The molecule has 0 aliphatic carbocycles. The highest BCUT2D eigenvalue weighted by Gasteiger charge is 2.36. The Labute approximate surface area is 204 Å². The van der Waals surface area contributed by atoms with E-state index >= 15 is 0 Å². The molecule has 0 spiro atoms. The number of carbonyl (C=O) groups excluding carboxylic acids is 5. The lowest BCUT2D eigenvalue weighted by molar-refractivity contribution is -0.146. The van der Waals surface area contributed by atoms with Crippen molar-refractivity contribution < 1.29 is 28.7 Å². The number of carbonyl (C=O) groups is 5. The molecular weight excluding hydrogens is 454 g/mol. The van der Waals surface area contributed by atoms with E-state index in [2.05, 4.69) is 10.6 Å². The Balaban J connectivity index is 1.55. The smallest absolute Gasteiger partial charge is 0.323 e. The van der Waals surface area contributed by atoms with Crippen LogP contribution in [0.25, 0.3) is 0 Å². The molecule has 3 rings (SSSR count). The number of esters is 1. The van der Waals surface area contributed by atoms with Crippen molar-refractivity contribution in [3.8, 4) is 0 Å². The summed E-state index contributed by atoms with van der Waals surface area (Å²) < 4.78 is 5.25. The molecule has 2 saturated heterocycles. The topological polar surface area (TPSA) is 151 Å². The number of fused-ring (bicyclic) bond motifs is 1. The van der Waals surface area contributed by atoms with Crippen molar-refractivity contribution in [2.75, 3.05) is 26.7 Å². The predicted molar refractivity (Wildman–Crippen MR) is 125 cm³/mol. The third-order valence-corrected chi connectivity index (χ3v) is 6.22. The largest absolute Gasteiger partial charge is 0.460 e. The van der Waals surface area contributed by atoms with Crippen LogP contribution in [0.1, 0.15) is 37.7 Å². The minimum absolute atomic E-state index is 0.118. The molecule has 2 aliphatic rings. The number of hydrogen-bond acceptors (Lipinski definition) is 7. The summed E-state index contributed by atoms with van der Waals surface area (Å²) in [6.45, 7) is 0.0658. The van der Waals surface area contributed by atoms with Crippen LogP contribution in [0.3, 0.4) is 0 Å². The second kappa shape index (κ2) is 12.3. The van der Waals surface area contributed by atoms with Gasteiger partial charge < -0.3 is 30.9 Å². The average Bonchev–Trinajstić information content (AvgIpc) is 3.35. The van der Waals surface area contributed by atoms with E-state index in [1.54, 1.807) is 0 Å². The van der Waals surface area contributed by atoms with Crippen LogP contribution in [-0.2, 0) is 35.3 Å². The maximum atomic E-state index is 13.0. The van der Waals surface area contributed by atoms with E-state index in [0.717, 1.165) is 5.56 Å². The van der Waals surface area contributed by atoms with E-state index in [-0.39, 0.29) is 44.4 Å².